The molecule has 1 rings (SSSR count). The van der Waals surface area contributed by atoms with Gasteiger partial charge in [-0.1, -0.05) is 28.6 Å². The van der Waals surface area contributed by atoms with Gasteiger partial charge in [-0.15, -0.1) is 30.9 Å². The fourth-order valence-electron chi connectivity index (χ4n) is 4.47. The molecule has 10 nitrogen and oxygen atoms in total. The molecule has 0 aromatic carbocycles. The summed E-state index contributed by atoms with van der Waals surface area (Å²) >= 11 is 9.21. The van der Waals surface area contributed by atoms with E-state index in [0.717, 1.165) is 10.8 Å². The van der Waals surface area contributed by atoms with E-state index < -0.39 is 12.0 Å². The van der Waals surface area contributed by atoms with Gasteiger partial charge in [0.1, 0.15) is 0 Å². The van der Waals surface area contributed by atoms with Gasteiger partial charge in [-0.25, -0.2) is 0 Å². The third-order valence-electron chi connectivity index (χ3n) is 6.62. The maximum Gasteiger partial charge on any atom is 0.223 e. The number of carbonyl (C=O) groups is 4. The number of thiol groups is 1. The standard InChI is InChI=1S/C27H39N4O6PS3/c1-4-17-28-23(32)11-14-27(15-12-24(33)29-18-5-2,16-13-25(34)30-19-6-3)31-26(35)21-7-9-22(10-8-21)37-38(36,39)20-41-40/h1-3,21-22,40H,7-20H2,(H,28,32)(H,29,33)(H,30,34)(H,31,35)(H,36,39). The Labute approximate surface area is 257 Å². The zero-order chi connectivity index (χ0) is 30.7. The lowest BCUT2D eigenvalue weighted by Gasteiger charge is -2.38. The first-order valence-corrected chi connectivity index (χ1v) is 18.1. The van der Waals surface area contributed by atoms with Crippen LogP contribution in [-0.2, 0) is 35.5 Å². The Morgan fingerprint density at radius 3 is 1.66 bits per heavy atom. The van der Waals surface area contributed by atoms with E-state index in [1.807, 2.05) is 0 Å². The third kappa shape index (κ3) is 15.6. The minimum Gasteiger partial charge on any atom is -0.350 e. The summed E-state index contributed by atoms with van der Waals surface area (Å²) in [4.78, 5) is 61.1. The summed E-state index contributed by atoms with van der Waals surface area (Å²) in [5.41, 5.74) is -0.817. The molecule has 1 atom stereocenters. The minimum atomic E-state index is -2.95. The smallest absolute Gasteiger partial charge is 0.223 e. The highest BCUT2D eigenvalue weighted by atomic mass is 33.1. The van der Waals surface area contributed by atoms with Gasteiger partial charge in [-0.3, -0.25) is 19.2 Å². The SMILES string of the molecule is C#CCNC(=O)CCC(CCC(=O)NCC#C)(CCC(=O)NCC#C)NC(=O)C1CCC(OP(O)(=S)CSS)CC1. The monoisotopic (exact) mass is 642 g/mol. The van der Waals surface area contributed by atoms with Gasteiger partial charge in [0.2, 0.25) is 23.6 Å². The first-order valence-electron chi connectivity index (χ1n) is 13.2. The fourth-order valence-corrected chi connectivity index (χ4v) is 8.92. The van der Waals surface area contributed by atoms with Crippen molar-refractivity contribution < 1.29 is 28.6 Å². The van der Waals surface area contributed by atoms with Crippen LogP contribution >= 0.6 is 28.9 Å². The zero-order valence-electron chi connectivity index (χ0n) is 23.0. The van der Waals surface area contributed by atoms with E-state index in [0.29, 0.717) is 25.7 Å². The molecule has 0 heterocycles. The van der Waals surface area contributed by atoms with E-state index in [2.05, 4.69) is 50.7 Å². The van der Waals surface area contributed by atoms with Crippen LogP contribution in [0.4, 0.5) is 0 Å². The average Bonchev–Trinajstić information content (AvgIpc) is 2.94. The molecule has 1 saturated carbocycles. The molecule has 0 radical (unpaired) electrons. The van der Waals surface area contributed by atoms with E-state index in [1.54, 1.807) is 0 Å². The Bertz CT molecular complexity index is 993. The minimum absolute atomic E-state index is 0.0186. The second-order valence-corrected chi connectivity index (χ2v) is 14.9. The fraction of sp³-hybridized carbons (Fsp3) is 0.630. The van der Waals surface area contributed by atoms with Crippen LogP contribution in [0.5, 0.6) is 0 Å². The van der Waals surface area contributed by atoms with Crippen molar-refractivity contribution in [2.45, 2.75) is 75.9 Å². The molecule has 1 aliphatic carbocycles. The highest BCUT2D eigenvalue weighted by Gasteiger charge is 2.37. The molecule has 0 aliphatic heterocycles. The molecule has 0 aromatic heterocycles. The van der Waals surface area contributed by atoms with Crippen LogP contribution < -0.4 is 21.3 Å². The van der Waals surface area contributed by atoms with Crippen LogP contribution in [0.1, 0.15) is 64.2 Å². The van der Waals surface area contributed by atoms with Crippen LogP contribution in [0.25, 0.3) is 0 Å². The molecular formula is C27H39N4O6PS3. The second-order valence-electron chi connectivity index (χ2n) is 9.69. The van der Waals surface area contributed by atoms with Crippen molar-refractivity contribution in [1.29, 1.82) is 0 Å². The Balaban J connectivity index is 3.08. The lowest BCUT2D eigenvalue weighted by molar-refractivity contribution is -0.131. The topological polar surface area (TPSA) is 146 Å². The summed E-state index contributed by atoms with van der Waals surface area (Å²) in [7, 11) is 1.13. The Morgan fingerprint density at radius 2 is 1.29 bits per heavy atom. The molecule has 0 saturated heterocycles. The van der Waals surface area contributed by atoms with Crippen molar-refractivity contribution in [2.24, 2.45) is 5.92 Å². The van der Waals surface area contributed by atoms with Crippen molar-refractivity contribution in [2.75, 3.05) is 25.1 Å². The van der Waals surface area contributed by atoms with Gasteiger partial charge in [0, 0.05) is 30.7 Å². The van der Waals surface area contributed by atoms with Crippen molar-refractivity contribution in [1.82, 2.24) is 21.3 Å². The number of nitrogens with one attached hydrogen (secondary N) is 4. The number of hydrogen-bond acceptors (Lipinski definition) is 8. The normalized spacial score (nSPS) is 17.9. The number of rotatable bonds is 18. The molecule has 0 bridgehead atoms. The highest BCUT2D eigenvalue weighted by molar-refractivity contribution is 8.70. The highest BCUT2D eigenvalue weighted by Crippen LogP contribution is 2.49. The van der Waals surface area contributed by atoms with Gasteiger partial charge in [-0.2, -0.15) is 0 Å². The molecule has 0 aromatic rings. The first-order chi connectivity index (χ1) is 19.5. The summed E-state index contributed by atoms with van der Waals surface area (Å²) in [5, 5.41) is 10.9. The number of terminal acetylenes is 3. The van der Waals surface area contributed by atoms with Gasteiger partial charge < -0.3 is 30.7 Å². The number of hydrogen-bond donors (Lipinski definition) is 6. The first kappa shape index (κ1) is 36.9. The summed E-state index contributed by atoms with van der Waals surface area (Å²) in [5.74, 6) is 5.48. The maximum absolute atomic E-state index is 13.5. The van der Waals surface area contributed by atoms with Crippen LogP contribution in [0.3, 0.4) is 0 Å². The van der Waals surface area contributed by atoms with E-state index in [1.165, 1.54) is 0 Å². The number of carbonyl (C=O) groups excluding carboxylic acids is 4. The molecule has 1 fully saturated rings. The van der Waals surface area contributed by atoms with Crippen LogP contribution in [0.2, 0.25) is 0 Å². The van der Waals surface area contributed by atoms with Gasteiger partial charge in [0.25, 0.3) is 0 Å². The molecular weight excluding hydrogens is 603 g/mol. The molecule has 41 heavy (non-hydrogen) atoms. The number of amides is 4. The largest absolute Gasteiger partial charge is 0.350 e. The summed E-state index contributed by atoms with van der Waals surface area (Å²) in [6.45, 7) is -2.78. The lowest BCUT2D eigenvalue weighted by atomic mass is 9.81. The zero-order valence-corrected chi connectivity index (χ0v) is 26.4. The van der Waals surface area contributed by atoms with E-state index in [-0.39, 0.29) is 99.3 Å². The van der Waals surface area contributed by atoms with Crippen molar-refractivity contribution in [3.63, 3.8) is 0 Å². The van der Waals surface area contributed by atoms with Crippen molar-refractivity contribution >= 4 is 64.4 Å². The second kappa shape index (κ2) is 19.9. The molecule has 14 heteroatoms. The van der Waals surface area contributed by atoms with Gasteiger partial charge in [0.15, 0.2) is 6.49 Å². The van der Waals surface area contributed by atoms with E-state index in [9.17, 15) is 24.1 Å². The van der Waals surface area contributed by atoms with E-state index >= 15 is 0 Å². The van der Waals surface area contributed by atoms with Gasteiger partial charge in [-0.05, 0) is 56.8 Å². The van der Waals surface area contributed by atoms with Gasteiger partial charge >= 0.3 is 0 Å². The molecule has 1 aliphatic rings. The van der Waals surface area contributed by atoms with E-state index in [4.69, 9.17) is 35.6 Å². The van der Waals surface area contributed by atoms with Crippen LogP contribution in [-0.4, -0.2) is 65.3 Å². The molecule has 226 valence electrons. The molecule has 5 N–H and O–H groups in total. The predicted octanol–water partition coefficient (Wildman–Crippen LogP) is 1.84. The molecule has 0 spiro atoms. The molecule has 4 amide bonds. The summed E-state index contributed by atoms with van der Waals surface area (Å²) in [6.07, 6.45) is 18.1. The maximum atomic E-state index is 13.5. The Hall–Kier alpha value is -2.17. The van der Waals surface area contributed by atoms with Crippen LogP contribution in [0, 0.1) is 42.9 Å². The van der Waals surface area contributed by atoms with Crippen molar-refractivity contribution in [3.8, 4) is 37.0 Å². The summed E-state index contributed by atoms with van der Waals surface area (Å²) < 4.78 is 5.74. The predicted molar refractivity (Wildman–Crippen MR) is 169 cm³/mol. The quantitative estimate of drug-likeness (QED) is 0.0575. The average molecular weight is 643 g/mol. The Morgan fingerprint density at radius 1 is 0.878 bits per heavy atom. The third-order valence-corrected chi connectivity index (χ3v) is 11.3. The van der Waals surface area contributed by atoms with Crippen LogP contribution in [0.15, 0.2) is 0 Å². The Kier molecular flexibility index (Phi) is 17.9. The van der Waals surface area contributed by atoms with Crippen molar-refractivity contribution in [3.05, 3.63) is 0 Å². The lowest BCUT2D eigenvalue weighted by Crippen LogP contribution is -2.52. The molecule has 1 unspecified atom stereocenters. The summed E-state index contributed by atoms with van der Waals surface area (Å²) in [6, 6.07) is 0. The van der Waals surface area contributed by atoms with Gasteiger partial charge in [0.05, 0.1) is 31.2 Å².